The Bertz CT molecular complexity index is 1140. The standard InChI is InChI=1S/C20H21F3N6O3/c1-24-16-15-12(20(21,22)23)10-25-17(15)28-19(27-16)26-13-4-3-11(9-14(13)31-2)18(30)29-5-7-32-8-6-29/h3-4,9-10H,5-8H2,1-2H3,(H3,24,25,26,27,28). The lowest BCUT2D eigenvalue weighted by Gasteiger charge is -2.27. The first kappa shape index (κ1) is 21.7. The largest absolute Gasteiger partial charge is 0.495 e. The van der Waals surface area contributed by atoms with Crippen molar-refractivity contribution in [2.24, 2.45) is 0 Å². The number of hydrogen-bond acceptors (Lipinski definition) is 7. The molecule has 3 heterocycles. The number of nitrogens with one attached hydrogen (secondary N) is 3. The maximum absolute atomic E-state index is 13.3. The maximum atomic E-state index is 13.3. The summed E-state index contributed by atoms with van der Waals surface area (Å²) in [6, 6.07) is 4.86. The molecule has 0 unspecified atom stereocenters. The first-order valence-corrected chi connectivity index (χ1v) is 9.78. The SMILES string of the molecule is CNc1nc(Nc2ccc(C(=O)N3CCOCC3)cc2OC)nc2[nH]cc(C(F)(F)F)c12. The minimum absolute atomic E-state index is 0.0177. The van der Waals surface area contributed by atoms with E-state index >= 15 is 0 Å². The van der Waals surface area contributed by atoms with Gasteiger partial charge in [0.1, 0.15) is 17.2 Å². The number of alkyl halides is 3. The highest BCUT2D eigenvalue weighted by atomic mass is 19.4. The van der Waals surface area contributed by atoms with E-state index < -0.39 is 11.7 Å². The van der Waals surface area contributed by atoms with E-state index in [-0.39, 0.29) is 28.7 Å². The molecule has 0 spiro atoms. The van der Waals surface area contributed by atoms with Crippen LogP contribution in [0.5, 0.6) is 5.75 Å². The number of fused-ring (bicyclic) bond motifs is 1. The van der Waals surface area contributed by atoms with Crippen LogP contribution in [0.25, 0.3) is 11.0 Å². The summed E-state index contributed by atoms with van der Waals surface area (Å²) < 4.78 is 50.5. The van der Waals surface area contributed by atoms with Gasteiger partial charge >= 0.3 is 6.18 Å². The van der Waals surface area contributed by atoms with Gasteiger partial charge in [0.15, 0.2) is 0 Å². The van der Waals surface area contributed by atoms with Gasteiger partial charge in [0.05, 0.1) is 37.0 Å². The van der Waals surface area contributed by atoms with Crippen LogP contribution in [0.3, 0.4) is 0 Å². The van der Waals surface area contributed by atoms with Gasteiger partial charge in [0, 0.05) is 31.9 Å². The van der Waals surface area contributed by atoms with Crippen LogP contribution in [-0.4, -0.2) is 66.2 Å². The van der Waals surface area contributed by atoms with Crippen LogP contribution in [0.1, 0.15) is 15.9 Å². The van der Waals surface area contributed by atoms with E-state index in [9.17, 15) is 18.0 Å². The Morgan fingerprint density at radius 1 is 1.25 bits per heavy atom. The number of H-pyrrole nitrogens is 1. The van der Waals surface area contributed by atoms with Crippen LogP contribution in [0.4, 0.5) is 30.6 Å². The zero-order valence-corrected chi connectivity index (χ0v) is 17.3. The summed E-state index contributed by atoms with van der Waals surface area (Å²) in [5.41, 5.74) is 0.0695. The summed E-state index contributed by atoms with van der Waals surface area (Å²) in [4.78, 5) is 25.3. The molecule has 1 amide bonds. The molecule has 3 N–H and O–H groups in total. The third kappa shape index (κ3) is 4.13. The molecule has 2 aromatic heterocycles. The Morgan fingerprint density at radius 3 is 2.66 bits per heavy atom. The van der Waals surface area contributed by atoms with Crippen molar-refractivity contribution >= 4 is 34.4 Å². The number of morpholine rings is 1. The first-order valence-electron chi connectivity index (χ1n) is 9.78. The molecule has 0 radical (unpaired) electrons. The number of carbonyl (C=O) groups excluding carboxylic acids is 1. The molecule has 1 fully saturated rings. The maximum Gasteiger partial charge on any atom is 0.418 e. The fourth-order valence-electron chi connectivity index (χ4n) is 3.49. The first-order chi connectivity index (χ1) is 15.3. The van der Waals surface area contributed by atoms with E-state index in [1.807, 2.05) is 0 Å². The number of anilines is 3. The number of hydrogen-bond donors (Lipinski definition) is 3. The van der Waals surface area contributed by atoms with Crippen LogP contribution in [0, 0.1) is 0 Å². The molecule has 1 saturated heterocycles. The van der Waals surface area contributed by atoms with Crippen LogP contribution in [0.2, 0.25) is 0 Å². The molecule has 0 atom stereocenters. The van der Waals surface area contributed by atoms with Crippen LogP contribution >= 0.6 is 0 Å². The minimum atomic E-state index is -4.55. The molecule has 0 saturated carbocycles. The van der Waals surface area contributed by atoms with Gasteiger partial charge in [0.25, 0.3) is 5.91 Å². The number of aromatic nitrogens is 3. The van der Waals surface area contributed by atoms with Crippen molar-refractivity contribution < 1.29 is 27.4 Å². The van der Waals surface area contributed by atoms with Crippen molar-refractivity contribution in [3.8, 4) is 5.75 Å². The van der Waals surface area contributed by atoms with Gasteiger partial charge < -0.3 is 30.0 Å². The van der Waals surface area contributed by atoms with Crippen molar-refractivity contribution in [2.75, 3.05) is 51.1 Å². The van der Waals surface area contributed by atoms with Crippen molar-refractivity contribution in [3.05, 3.63) is 35.5 Å². The molecule has 1 aliphatic rings. The fraction of sp³-hybridized carbons (Fsp3) is 0.350. The number of halogens is 3. The number of benzene rings is 1. The van der Waals surface area contributed by atoms with E-state index in [0.29, 0.717) is 43.3 Å². The third-order valence-corrected chi connectivity index (χ3v) is 5.07. The third-order valence-electron chi connectivity index (χ3n) is 5.07. The summed E-state index contributed by atoms with van der Waals surface area (Å²) in [5.74, 6) is 0.299. The predicted molar refractivity (Wildman–Crippen MR) is 111 cm³/mol. The van der Waals surface area contributed by atoms with Crippen molar-refractivity contribution in [1.82, 2.24) is 19.9 Å². The molecular weight excluding hydrogens is 429 g/mol. The number of ether oxygens (including phenoxy) is 2. The average Bonchev–Trinajstić information content (AvgIpc) is 3.23. The van der Waals surface area contributed by atoms with Gasteiger partial charge in [-0.3, -0.25) is 4.79 Å². The van der Waals surface area contributed by atoms with Crippen LogP contribution < -0.4 is 15.4 Å². The van der Waals surface area contributed by atoms with E-state index in [1.54, 1.807) is 23.1 Å². The molecule has 0 aliphatic carbocycles. The molecule has 3 aromatic rings. The zero-order chi connectivity index (χ0) is 22.9. The molecule has 1 aromatic carbocycles. The van der Waals surface area contributed by atoms with Crippen molar-refractivity contribution in [3.63, 3.8) is 0 Å². The highest BCUT2D eigenvalue weighted by molar-refractivity contribution is 5.96. The van der Waals surface area contributed by atoms with Crippen LogP contribution in [-0.2, 0) is 10.9 Å². The molecule has 32 heavy (non-hydrogen) atoms. The second-order valence-electron chi connectivity index (χ2n) is 7.01. The molecule has 1 aliphatic heterocycles. The zero-order valence-electron chi connectivity index (χ0n) is 17.3. The smallest absolute Gasteiger partial charge is 0.418 e. The van der Waals surface area contributed by atoms with E-state index in [2.05, 4.69) is 25.6 Å². The molecule has 9 nitrogen and oxygen atoms in total. The van der Waals surface area contributed by atoms with Gasteiger partial charge in [-0.25, -0.2) is 0 Å². The monoisotopic (exact) mass is 450 g/mol. The Hall–Kier alpha value is -3.54. The van der Waals surface area contributed by atoms with Gasteiger partial charge in [-0.15, -0.1) is 0 Å². The molecule has 170 valence electrons. The van der Waals surface area contributed by atoms with Gasteiger partial charge in [-0.1, -0.05) is 0 Å². The van der Waals surface area contributed by atoms with Gasteiger partial charge in [0.2, 0.25) is 5.95 Å². The highest BCUT2D eigenvalue weighted by Gasteiger charge is 2.35. The lowest BCUT2D eigenvalue weighted by atomic mass is 10.1. The second kappa shape index (κ2) is 8.54. The number of rotatable bonds is 5. The van der Waals surface area contributed by atoms with E-state index in [1.165, 1.54) is 14.2 Å². The van der Waals surface area contributed by atoms with E-state index in [4.69, 9.17) is 9.47 Å². The topological polar surface area (TPSA) is 104 Å². The van der Waals surface area contributed by atoms with Gasteiger partial charge in [-0.05, 0) is 18.2 Å². The number of nitrogens with zero attached hydrogens (tertiary/aromatic N) is 3. The Kier molecular flexibility index (Phi) is 5.78. The van der Waals surface area contributed by atoms with Gasteiger partial charge in [-0.2, -0.15) is 23.1 Å². The number of carbonyl (C=O) groups is 1. The van der Waals surface area contributed by atoms with E-state index in [0.717, 1.165) is 6.20 Å². The molecular formula is C20H21F3N6O3. The summed E-state index contributed by atoms with van der Waals surface area (Å²) in [5, 5.41) is 5.48. The summed E-state index contributed by atoms with van der Waals surface area (Å²) in [6.45, 7) is 2.01. The highest BCUT2D eigenvalue weighted by Crippen LogP contribution is 2.38. The average molecular weight is 450 g/mol. The van der Waals surface area contributed by atoms with Crippen LogP contribution in [0.15, 0.2) is 24.4 Å². The quantitative estimate of drug-likeness (QED) is 0.548. The Morgan fingerprint density at radius 2 is 2.00 bits per heavy atom. The number of methoxy groups -OCH3 is 1. The Labute approximate surface area is 180 Å². The minimum Gasteiger partial charge on any atom is -0.495 e. The second-order valence-corrected chi connectivity index (χ2v) is 7.01. The summed E-state index contributed by atoms with van der Waals surface area (Å²) >= 11 is 0. The summed E-state index contributed by atoms with van der Waals surface area (Å²) in [6.07, 6.45) is -3.69. The van der Waals surface area contributed by atoms with Crippen molar-refractivity contribution in [2.45, 2.75) is 6.18 Å². The normalized spacial score (nSPS) is 14.5. The fourth-order valence-corrected chi connectivity index (χ4v) is 3.49. The summed E-state index contributed by atoms with van der Waals surface area (Å²) in [7, 11) is 2.93. The molecule has 12 heteroatoms. The number of amides is 1. The number of aromatic amines is 1. The Balaban J connectivity index is 1.64. The lowest BCUT2D eigenvalue weighted by molar-refractivity contribution is -0.136. The molecule has 0 bridgehead atoms. The lowest BCUT2D eigenvalue weighted by Crippen LogP contribution is -2.40. The van der Waals surface area contributed by atoms with Crippen molar-refractivity contribution in [1.29, 1.82) is 0 Å². The predicted octanol–water partition coefficient (Wildman–Crippen LogP) is 3.24. The molecule has 4 rings (SSSR count).